The van der Waals surface area contributed by atoms with Crippen LogP contribution < -0.4 is 0 Å². The molecule has 70 valence electrons. The van der Waals surface area contributed by atoms with Crippen LogP contribution in [0.5, 0.6) is 0 Å². The summed E-state index contributed by atoms with van der Waals surface area (Å²) in [5.41, 5.74) is 0. The first kappa shape index (κ1) is 10.0. The number of hydrogen-bond donors (Lipinski definition) is 0. The van der Waals surface area contributed by atoms with Crippen LogP contribution in [0, 0.1) is 5.92 Å². The van der Waals surface area contributed by atoms with E-state index in [1.54, 1.807) is 0 Å². The Morgan fingerprint density at radius 3 is 2.92 bits per heavy atom. The van der Waals surface area contributed by atoms with E-state index in [0.29, 0.717) is 12.5 Å². The second-order valence-corrected chi connectivity index (χ2v) is 3.62. The fourth-order valence-corrected chi connectivity index (χ4v) is 0.986. The molecule has 0 saturated carbocycles. The summed E-state index contributed by atoms with van der Waals surface area (Å²) in [5, 5.41) is 0. The summed E-state index contributed by atoms with van der Waals surface area (Å²) in [6.45, 7) is 7.67. The number of rotatable bonds is 3. The molecule has 0 radical (unpaired) electrons. The van der Waals surface area contributed by atoms with Crippen molar-refractivity contribution < 1.29 is 14.0 Å². The predicted molar refractivity (Wildman–Crippen MR) is 47.7 cm³/mol. The van der Waals surface area contributed by atoms with Crippen molar-refractivity contribution >= 4 is 7.32 Å². The lowest BCUT2D eigenvalue weighted by molar-refractivity contribution is 0.0105. The second-order valence-electron chi connectivity index (χ2n) is 3.62. The van der Waals surface area contributed by atoms with Crippen molar-refractivity contribution in [3.63, 3.8) is 0 Å². The van der Waals surface area contributed by atoms with Gasteiger partial charge in [0.15, 0.2) is 0 Å². The van der Waals surface area contributed by atoms with Crippen LogP contribution in [0.15, 0.2) is 0 Å². The monoisotopic (exact) mass is 172 g/mol. The summed E-state index contributed by atoms with van der Waals surface area (Å²) in [5.74, 6) is 0.523. The molecule has 1 saturated heterocycles. The fraction of sp³-hybridized carbons (Fsp3) is 1.00. The molecule has 1 unspecified atom stereocenters. The molecule has 0 aromatic heterocycles. The van der Waals surface area contributed by atoms with Crippen molar-refractivity contribution in [3.05, 3.63) is 0 Å². The summed E-state index contributed by atoms with van der Waals surface area (Å²) in [7, 11) is -0.434. The lowest BCUT2D eigenvalue weighted by atomic mass is 10.1. The lowest BCUT2D eigenvalue weighted by Gasteiger charge is -2.24. The maximum Gasteiger partial charge on any atom is 0.639 e. The molecular weight excluding hydrogens is 155 g/mol. The molecule has 0 spiro atoms. The molecule has 0 aromatic rings. The molecule has 1 heterocycles. The molecule has 4 heteroatoms. The van der Waals surface area contributed by atoms with Crippen LogP contribution in [-0.4, -0.2) is 26.6 Å². The van der Waals surface area contributed by atoms with E-state index >= 15 is 0 Å². The van der Waals surface area contributed by atoms with Crippen LogP contribution in [0.4, 0.5) is 0 Å². The maximum absolute atomic E-state index is 5.39. The summed E-state index contributed by atoms with van der Waals surface area (Å²) in [6.07, 6.45) is 1.22. The van der Waals surface area contributed by atoms with Crippen LogP contribution in [0.3, 0.4) is 0 Å². The first-order chi connectivity index (χ1) is 5.68. The first-order valence-electron chi connectivity index (χ1n) is 4.57. The minimum atomic E-state index is -0.434. The minimum absolute atomic E-state index is 0.260. The quantitative estimate of drug-likeness (QED) is 0.603. The van der Waals surface area contributed by atoms with Crippen molar-refractivity contribution in [2.45, 2.75) is 33.3 Å². The largest absolute Gasteiger partial charge is 0.639 e. The minimum Gasteiger partial charge on any atom is -0.386 e. The third-order valence-electron chi connectivity index (χ3n) is 1.69. The highest BCUT2D eigenvalue weighted by Crippen LogP contribution is 2.10. The SMILES string of the molecule is CC(C)COB1OCCC(C)O1. The van der Waals surface area contributed by atoms with Gasteiger partial charge < -0.3 is 14.0 Å². The van der Waals surface area contributed by atoms with Crippen LogP contribution in [0.2, 0.25) is 0 Å². The average molecular weight is 172 g/mol. The normalized spacial score (nSPS) is 25.0. The van der Waals surface area contributed by atoms with Crippen LogP contribution in [0.1, 0.15) is 27.2 Å². The van der Waals surface area contributed by atoms with Gasteiger partial charge in [-0.2, -0.15) is 0 Å². The van der Waals surface area contributed by atoms with Gasteiger partial charge in [-0.1, -0.05) is 13.8 Å². The van der Waals surface area contributed by atoms with E-state index in [1.807, 2.05) is 6.92 Å². The smallest absolute Gasteiger partial charge is 0.386 e. The van der Waals surface area contributed by atoms with Crippen molar-refractivity contribution in [2.24, 2.45) is 5.92 Å². The highest BCUT2D eigenvalue weighted by atomic mass is 16.7. The van der Waals surface area contributed by atoms with Gasteiger partial charge in [-0.3, -0.25) is 0 Å². The highest BCUT2D eigenvalue weighted by Gasteiger charge is 2.28. The van der Waals surface area contributed by atoms with Gasteiger partial charge in [0, 0.05) is 19.3 Å². The van der Waals surface area contributed by atoms with Gasteiger partial charge in [-0.05, 0) is 19.3 Å². The Hall–Kier alpha value is -0.0551. The Morgan fingerprint density at radius 2 is 2.33 bits per heavy atom. The summed E-state index contributed by atoms with van der Waals surface area (Å²) < 4.78 is 16.0. The van der Waals surface area contributed by atoms with Gasteiger partial charge in [-0.25, -0.2) is 0 Å². The molecule has 0 amide bonds. The molecule has 0 bridgehead atoms. The molecule has 1 aliphatic rings. The van der Waals surface area contributed by atoms with Gasteiger partial charge in [0.05, 0.1) is 0 Å². The highest BCUT2D eigenvalue weighted by molar-refractivity contribution is 6.36. The van der Waals surface area contributed by atoms with Crippen molar-refractivity contribution in [3.8, 4) is 0 Å². The predicted octanol–water partition coefficient (Wildman–Crippen LogP) is 1.47. The standard InChI is InChI=1S/C8H17BO3/c1-7(2)6-11-9-10-5-4-8(3)12-9/h7-8H,4-6H2,1-3H3. The third-order valence-corrected chi connectivity index (χ3v) is 1.69. The van der Waals surface area contributed by atoms with Crippen LogP contribution >= 0.6 is 0 Å². The zero-order valence-electron chi connectivity index (χ0n) is 8.08. The summed E-state index contributed by atoms with van der Waals surface area (Å²) in [4.78, 5) is 0. The molecule has 1 atom stereocenters. The molecule has 1 rings (SSSR count). The van der Waals surface area contributed by atoms with Crippen molar-refractivity contribution in [2.75, 3.05) is 13.2 Å². The molecule has 0 aromatic carbocycles. The van der Waals surface area contributed by atoms with E-state index in [1.165, 1.54) is 0 Å². The van der Waals surface area contributed by atoms with Crippen molar-refractivity contribution in [1.82, 2.24) is 0 Å². The lowest BCUT2D eigenvalue weighted by Crippen LogP contribution is -2.37. The van der Waals surface area contributed by atoms with E-state index in [9.17, 15) is 0 Å². The molecule has 1 aliphatic heterocycles. The molecule has 3 nitrogen and oxygen atoms in total. The van der Waals surface area contributed by atoms with Gasteiger partial charge in [0.1, 0.15) is 0 Å². The molecule has 12 heavy (non-hydrogen) atoms. The molecular formula is C8H17BO3. The van der Waals surface area contributed by atoms with Gasteiger partial charge in [0.2, 0.25) is 0 Å². The zero-order valence-corrected chi connectivity index (χ0v) is 8.08. The van der Waals surface area contributed by atoms with E-state index in [4.69, 9.17) is 14.0 Å². The zero-order chi connectivity index (χ0) is 8.97. The summed E-state index contributed by atoms with van der Waals surface area (Å²) in [6, 6.07) is 0. The van der Waals surface area contributed by atoms with Gasteiger partial charge in [-0.15, -0.1) is 0 Å². The van der Waals surface area contributed by atoms with E-state index in [2.05, 4.69) is 13.8 Å². The Kier molecular flexibility index (Phi) is 4.05. The topological polar surface area (TPSA) is 27.7 Å². The van der Waals surface area contributed by atoms with E-state index < -0.39 is 7.32 Å². The second kappa shape index (κ2) is 4.85. The average Bonchev–Trinajstić information content (AvgIpc) is 2.01. The first-order valence-corrected chi connectivity index (χ1v) is 4.57. The van der Waals surface area contributed by atoms with Crippen LogP contribution in [0.25, 0.3) is 0 Å². The third kappa shape index (κ3) is 3.56. The van der Waals surface area contributed by atoms with Crippen molar-refractivity contribution in [1.29, 1.82) is 0 Å². The van der Waals surface area contributed by atoms with Gasteiger partial charge >= 0.3 is 7.32 Å². The van der Waals surface area contributed by atoms with E-state index in [0.717, 1.165) is 13.0 Å². The Labute approximate surface area is 74.6 Å². The molecule has 0 N–H and O–H groups in total. The fourth-order valence-electron chi connectivity index (χ4n) is 0.986. The Morgan fingerprint density at radius 1 is 1.58 bits per heavy atom. The molecule has 0 aliphatic carbocycles. The maximum atomic E-state index is 5.39. The van der Waals surface area contributed by atoms with Crippen LogP contribution in [-0.2, 0) is 14.0 Å². The van der Waals surface area contributed by atoms with Gasteiger partial charge in [0.25, 0.3) is 0 Å². The molecule has 1 fully saturated rings. The number of hydrogen-bond acceptors (Lipinski definition) is 3. The van der Waals surface area contributed by atoms with E-state index in [-0.39, 0.29) is 6.10 Å². The Balaban J connectivity index is 2.14. The summed E-state index contributed by atoms with van der Waals surface area (Å²) >= 11 is 0. The Bertz CT molecular complexity index is 129.